The third kappa shape index (κ3) is 4.18. The molecule has 128 valence electrons. The molecule has 23 heavy (non-hydrogen) atoms. The molecule has 1 amide bonds. The maximum atomic E-state index is 12.5. The largest absolute Gasteiger partial charge is 0.379 e. The second kappa shape index (κ2) is 7.95. The zero-order valence-corrected chi connectivity index (χ0v) is 17.1. The van der Waals surface area contributed by atoms with Gasteiger partial charge >= 0.3 is 0 Å². The normalized spacial score (nSPS) is 22.0. The lowest BCUT2D eigenvalue weighted by Crippen LogP contribution is -2.59. The van der Waals surface area contributed by atoms with Crippen LogP contribution in [0.3, 0.4) is 0 Å². The molecule has 1 N–H and O–H groups in total. The molecule has 4 nitrogen and oxygen atoms in total. The topological polar surface area (TPSA) is 41.6 Å². The summed E-state index contributed by atoms with van der Waals surface area (Å²) in [5.74, 6) is 0.0274. The Morgan fingerprint density at radius 3 is 2.57 bits per heavy atom. The fourth-order valence-electron chi connectivity index (χ4n) is 3.64. The first-order chi connectivity index (χ1) is 11.1. The van der Waals surface area contributed by atoms with E-state index in [-0.39, 0.29) is 11.4 Å². The van der Waals surface area contributed by atoms with Crippen molar-refractivity contribution in [2.24, 2.45) is 0 Å². The fourth-order valence-corrected chi connectivity index (χ4v) is 5.59. The van der Waals surface area contributed by atoms with Gasteiger partial charge in [0, 0.05) is 29.6 Å². The molecule has 2 aliphatic rings. The van der Waals surface area contributed by atoms with Crippen LogP contribution in [0.4, 0.5) is 0 Å². The second-order valence-electron chi connectivity index (χ2n) is 6.30. The maximum absolute atomic E-state index is 12.5. The summed E-state index contributed by atoms with van der Waals surface area (Å²) in [6.07, 6.45) is 6.16. The van der Waals surface area contributed by atoms with E-state index in [0.29, 0.717) is 0 Å². The molecule has 0 unspecified atom stereocenters. The second-order valence-corrected chi connectivity index (χ2v) is 9.52. The van der Waals surface area contributed by atoms with Crippen LogP contribution in [-0.4, -0.2) is 49.2 Å². The molecule has 1 aromatic heterocycles. The van der Waals surface area contributed by atoms with Crippen molar-refractivity contribution >= 4 is 49.1 Å². The fraction of sp³-hybridized carbons (Fsp3) is 0.688. The number of thiophene rings is 1. The minimum atomic E-state index is 0.0274. The lowest BCUT2D eigenvalue weighted by Gasteiger charge is -2.48. The number of amides is 1. The van der Waals surface area contributed by atoms with Gasteiger partial charge in [0.05, 0.1) is 21.9 Å². The summed E-state index contributed by atoms with van der Waals surface area (Å²) < 4.78 is 7.41. The van der Waals surface area contributed by atoms with Crippen LogP contribution >= 0.6 is 43.2 Å². The van der Waals surface area contributed by atoms with Crippen LogP contribution in [-0.2, 0) is 4.74 Å². The van der Waals surface area contributed by atoms with Crippen LogP contribution < -0.4 is 5.32 Å². The molecule has 3 rings (SSSR count). The zero-order valence-electron chi connectivity index (χ0n) is 13.1. The van der Waals surface area contributed by atoms with Crippen LogP contribution in [0.2, 0.25) is 0 Å². The molecule has 2 heterocycles. The van der Waals surface area contributed by atoms with Gasteiger partial charge in [0.15, 0.2) is 0 Å². The number of hydrogen-bond donors (Lipinski definition) is 1. The van der Waals surface area contributed by atoms with Crippen molar-refractivity contribution in [3.05, 3.63) is 19.2 Å². The van der Waals surface area contributed by atoms with Gasteiger partial charge in [-0.1, -0.05) is 19.3 Å². The van der Waals surface area contributed by atoms with E-state index in [1.807, 2.05) is 6.07 Å². The average molecular weight is 466 g/mol. The van der Waals surface area contributed by atoms with E-state index in [4.69, 9.17) is 4.74 Å². The number of hydrogen-bond acceptors (Lipinski definition) is 4. The molecule has 1 aliphatic heterocycles. The summed E-state index contributed by atoms with van der Waals surface area (Å²) in [5, 5.41) is 3.19. The van der Waals surface area contributed by atoms with E-state index in [1.165, 1.54) is 43.4 Å². The Balaban J connectivity index is 1.67. The van der Waals surface area contributed by atoms with Gasteiger partial charge in [-0.25, -0.2) is 0 Å². The first kappa shape index (κ1) is 17.9. The van der Waals surface area contributed by atoms with Gasteiger partial charge in [-0.2, -0.15) is 0 Å². The van der Waals surface area contributed by atoms with Crippen LogP contribution in [0.15, 0.2) is 14.3 Å². The Labute approximate surface area is 158 Å². The first-order valence-electron chi connectivity index (χ1n) is 8.17. The molecule has 1 aromatic rings. The number of nitrogens with zero attached hydrogens (tertiary/aromatic N) is 1. The van der Waals surface area contributed by atoms with Gasteiger partial charge in [-0.15, -0.1) is 11.3 Å². The number of halogens is 2. The highest BCUT2D eigenvalue weighted by molar-refractivity contribution is 9.13. The molecule has 7 heteroatoms. The van der Waals surface area contributed by atoms with Gasteiger partial charge in [0.1, 0.15) is 0 Å². The van der Waals surface area contributed by atoms with Crippen molar-refractivity contribution in [1.82, 2.24) is 10.2 Å². The summed E-state index contributed by atoms with van der Waals surface area (Å²) in [7, 11) is 0. The van der Waals surface area contributed by atoms with Gasteiger partial charge in [-0.3, -0.25) is 9.69 Å². The maximum Gasteiger partial charge on any atom is 0.261 e. The van der Waals surface area contributed by atoms with Crippen LogP contribution in [0.25, 0.3) is 0 Å². The Hall–Kier alpha value is 0.0500. The van der Waals surface area contributed by atoms with Crippen molar-refractivity contribution in [2.45, 2.75) is 37.6 Å². The predicted octanol–water partition coefficient (Wildman–Crippen LogP) is 4.04. The standard InChI is InChI=1S/C16H22Br2N2O2S/c17-12-10-13(23-14(12)18)15(21)19-11-16(4-2-1-3-5-16)20-6-8-22-9-7-20/h10H,1-9,11H2,(H,19,21). The van der Waals surface area contributed by atoms with Crippen molar-refractivity contribution < 1.29 is 9.53 Å². The van der Waals surface area contributed by atoms with Crippen LogP contribution in [0, 0.1) is 0 Å². The van der Waals surface area contributed by atoms with Crippen molar-refractivity contribution in [2.75, 3.05) is 32.8 Å². The van der Waals surface area contributed by atoms with E-state index in [1.54, 1.807) is 0 Å². The highest BCUT2D eigenvalue weighted by atomic mass is 79.9. The molecular formula is C16H22Br2N2O2S. The molecular weight excluding hydrogens is 444 g/mol. The molecule has 0 aromatic carbocycles. The van der Waals surface area contributed by atoms with E-state index in [9.17, 15) is 4.79 Å². The van der Waals surface area contributed by atoms with Crippen molar-refractivity contribution in [3.63, 3.8) is 0 Å². The third-order valence-electron chi connectivity index (χ3n) is 4.91. The number of carbonyl (C=O) groups excluding carboxylic acids is 1. The molecule has 1 saturated carbocycles. The van der Waals surface area contributed by atoms with E-state index < -0.39 is 0 Å². The lowest BCUT2D eigenvalue weighted by atomic mass is 9.79. The van der Waals surface area contributed by atoms with Crippen molar-refractivity contribution in [1.29, 1.82) is 0 Å². The number of nitrogens with one attached hydrogen (secondary N) is 1. The summed E-state index contributed by atoms with van der Waals surface area (Å²) in [4.78, 5) is 15.8. The third-order valence-corrected chi connectivity index (χ3v) is 8.17. The Kier molecular flexibility index (Phi) is 6.18. The number of rotatable bonds is 4. The molecule has 0 atom stereocenters. The molecule has 0 bridgehead atoms. The zero-order chi connectivity index (χ0) is 16.3. The molecule has 0 radical (unpaired) electrons. The van der Waals surface area contributed by atoms with Crippen LogP contribution in [0.1, 0.15) is 41.8 Å². The Morgan fingerprint density at radius 2 is 1.96 bits per heavy atom. The first-order valence-corrected chi connectivity index (χ1v) is 10.6. The van der Waals surface area contributed by atoms with Crippen LogP contribution in [0.5, 0.6) is 0 Å². The number of carbonyl (C=O) groups is 1. The number of morpholine rings is 1. The molecule has 1 saturated heterocycles. The highest BCUT2D eigenvalue weighted by Gasteiger charge is 2.38. The Morgan fingerprint density at radius 1 is 1.26 bits per heavy atom. The Bertz CT molecular complexity index is 533. The van der Waals surface area contributed by atoms with E-state index in [2.05, 4.69) is 42.1 Å². The quantitative estimate of drug-likeness (QED) is 0.729. The summed E-state index contributed by atoms with van der Waals surface area (Å²) in [6.45, 7) is 4.30. The highest BCUT2D eigenvalue weighted by Crippen LogP contribution is 2.35. The average Bonchev–Trinajstić information content (AvgIpc) is 2.93. The van der Waals surface area contributed by atoms with Crippen molar-refractivity contribution in [3.8, 4) is 0 Å². The van der Waals surface area contributed by atoms with Gasteiger partial charge in [0.2, 0.25) is 0 Å². The summed E-state index contributed by atoms with van der Waals surface area (Å²) in [5.41, 5.74) is 0.114. The SMILES string of the molecule is O=C(NCC1(N2CCOCC2)CCCCC1)c1cc(Br)c(Br)s1. The summed E-state index contributed by atoms with van der Waals surface area (Å²) >= 11 is 8.37. The summed E-state index contributed by atoms with van der Waals surface area (Å²) in [6, 6.07) is 1.88. The van der Waals surface area contributed by atoms with Gasteiger partial charge in [-0.05, 0) is 50.8 Å². The smallest absolute Gasteiger partial charge is 0.261 e. The lowest BCUT2D eigenvalue weighted by molar-refractivity contribution is -0.0361. The predicted molar refractivity (Wildman–Crippen MR) is 100 cm³/mol. The minimum absolute atomic E-state index is 0.0274. The molecule has 2 fully saturated rings. The molecule has 0 spiro atoms. The van der Waals surface area contributed by atoms with E-state index >= 15 is 0 Å². The number of ether oxygens (including phenoxy) is 1. The molecule has 1 aliphatic carbocycles. The van der Waals surface area contributed by atoms with Gasteiger partial charge < -0.3 is 10.1 Å². The van der Waals surface area contributed by atoms with Gasteiger partial charge in [0.25, 0.3) is 5.91 Å². The minimum Gasteiger partial charge on any atom is -0.379 e. The monoisotopic (exact) mass is 464 g/mol. The van der Waals surface area contributed by atoms with E-state index in [0.717, 1.165) is 46.0 Å².